The predicted octanol–water partition coefficient (Wildman–Crippen LogP) is 19.7. The smallest absolute Gasteiger partial charge is 0.0644 e. The Labute approximate surface area is 851 Å². The first kappa shape index (κ1) is 103. The van der Waals surface area contributed by atoms with E-state index < -0.39 is 0 Å². The van der Waals surface area contributed by atoms with Crippen LogP contribution in [0, 0.1) is 47.3 Å². The number of hydrogen-bond acceptors (Lipinski definition) is 24. The molecule has 0 radical (unpaired) electrons. The van der Waals surface area contributed by atoms with Crippen LogP contribution in [0.2, 0.25) is 0 Å². The van der Waals surface area contributed by atoms with Crippen LogP contribution in [0.25, 0.3) is 0 Å². The molecule has 8 aromatic carbocycles. The van der Waals surface area contributed by atoms with Crippen LogP contribution in [0.4, 0.5) is 0 Å². The van der Waals surface area contributed by atoms with Crippen LogP contribution in [0.1, 0.15) is 158 Å². The van der Waals surface area contributed by atoms with Crippen LogP contribution >= 0.6 is 94.1 Å². The molecule has 0 amide bonds. The van der Waals surface area contributed by atoms with Crippen molar-refractivity contribution in [3.8, 4) is 0 Å². The molecule has 8 bridgehead atoms. The molecule has 5 heterocycles. The Morgan fingerprint density at radius 3 is 0.426 bits per heavy atom. The van der Waals surface area contributed by atoms with Crippen molar-refractivity contribution in [1.82, 2.24) is 85.1 Å². The Kier molecular flexibility index (Phi) is 40.4. The highest BCUT2D eigenvalue weighted by Crippen LogP contribution is 2.62. The Bertz CT molecular complexity index is 4410. The zero-order valence-corrected chi connectivity index (χ0v) is 88.3. The van der Waals surface area contributed by atoms with Gasteiger partial charge >= 0.3 is 0 Å². The summed E-state index contributed by atoms with van der Waals surface area (Å²) in [4.78, 5) is 10.5. The van der Waals surface area contributed by atoms with Crippen LogP contribution in [0.3, 0.4) is 0 Å². The molecule has 136 heavy (non-hydrogen) atoms. The summed E-state index contributed by atoms with van der Waals surface area (Å²) < 4.78 is 0. The molecule has 9 aliphatic rings. The van der Waals surface area contributed by atoms with Crippen LogP contribution in [-0.4, -0.2) is 192 Å². The summed E-state index contributed by atoms with van der Waals surface area (Å²) in [5.74, 6) is 0.617. The van der Waals surface area contributed by atoms with Gasteiger partial charge in [0.2, 0.25) is 0 Å². The van der Waals surface area contributed by atoms with Gasteiger partial charge in [-0.05, 0) is 201 Å². The van der Waals surface area contributed by atoms with Gasteiger partial charge in [-0.25, -0.2) is 0 Å². The molecule has 5 saturated heterocycles. The SMILES string of the molecule is CCCCNC1C(NCCCC)C(NCCCC)C2C3NC(NC4NC(NC5NC(NC6NC(N3)C3C(Sc7ccccc7)C(Sc7ccccc7)C(Sc7ccccc7)C(Sc7ccccc7)C63)C3C(Sc6ccccc6)C(Sc6ccccc6)C(Sc6ccccc6)C(Sc6ccccc6)C53)C3C(NCCCC)C(NCCCC)C(NCCCC)C(NCCCC)C43)C2C1NCCCC. The molecular formula is C112H160N16S8. The van der Waals surface area contributed by atoms with Crippen molar-refractivity contribution in [2.75, 3.05) is 52.4 Å². The Hall–Kier alpha value is -4.08. The van der Waals surface area contributed by atoms with Gasteiger partial charge in [0, 0.05) is 177 Å². The first-order valence-electron chi connectivity index (χ1n) is 52.9. The normalized spacial score (nSPS) is 33.9. The van der Waals surface area contributed by atoms with Gasteiger partial charge < -0.3 is 42.5 Å². The summed E-state index contributed by atoms with van der Waals surface area (Å²) >= 11 is 17.2. The average Bonchev–Trinajstić information content (AvgIpc) is 1.55. The van der Waals surface area contributed by atoms with Gasteiger partial charge in [-0.2, -0.15) is 0 Å². The minimum Gasteiger partial charge on any atom is -0.312 e. The Balaban J connectivity index is 0.946. The van der Waals surface area contributed by atoms with Crippen molar-refractivity contribution < 1.29 is 0 Å². The molecule has 736 valence electrons. The van der Waals surface area contributed by atoms with Crippen molar-refractivity contribution in [2.45, 2.75) is 337 Å². The molecule has 24 heteroatoms. The maximum atomic E-state index is 5.09. The molecule has 4 saturated carbocycles. The Morgan fingerprint density at radius 2 is 0.287 bits per heavy atom. The van der Waals surface area contributed by atoms with Crippen LogP contribution in [0.5, 0.6) is 0 Å². The lowest BCUT2D eigenvalue weighted by Gasteiger charge is -2.54. The summed E-state index contributed by atoms with van der Waals surface area (Å²) in [5.41, 5.74) is 0. The number of unbranched alkanes of at least 4 members (excludes halogenated alkanes) is 8. The van der Waals surface area contributed by atoms with Gasteiger partial charge in [-0.15, -0.1) is 94.1 Å². The average molecular weight is 1990 g/mol. The minimum atomic E-state index is -0.214. The largest absolute Gasteiger partial charge is 0.312 e. The molecule has 4 aliphatic carbocycles. The van der Waals surface area contributed by atoms with Gasteiger partial charge in [0.15, 0.2) is 0 Å². The maximum absolute atomic E-state index is 5.09. The van der Waals surface area contributed by atoms with Crippen molar-refractivity contribution >= 4 is 94.1 Å². The number of rotatable bonds is 48. The van der Waals surface area contributed by atoms with E-state index in [1.54, 1.807) is 0 Å². The molecule has 17 rings (SSSR count). The minimum absolute atomic E-state index is 0.0497. The van der Waals surface area contributed by atoms with Crippen molar-refractivity contribution in [3.05, 3.63) is 243 Å². The summed E-state index contributed by atoms with van der Waals surface area (Å²) in [7, 11) is 0. The summed E-state index contributed by atoms with van der Waals surface area (Å²) in [6.45, 7) is 26.7. The van der Waals surface area contributed by atoms with E-state index in [-0.39, 0.29) is 187 Å². The van der Waals surface area contributed by atoms with Crippen molar-refractivity contribution in [1.29, 1.82) is 0 Å². The highest BCUT2D eigenvalue weighted by molar-refractivity contribution is 8.08. The fourth-order valence-electron chi connectivity index (χ4n) is 24.4. The summed E-state index contributed by atoms with van der Waals surface area (Å²) in [6, 6.07) is 93.8. The second kappa shape index (κ2) is 53.1. The molecule has 16 N–H and O–H groups in total. The Morgan fingerprint density at radius 1 is 0.162 bits per heavy atom. The van der Waals surface area contributed by atoms with Crippen LogP contribution in [0.15, 0.2) is 282 Å². The number of nitrogens with one attached hydrogen (secondary N) is 16. The highest BCUT2D eigenvalue weighted by atomic mass is 32.2. The van der Waals surface area contributed by atoms with E-state index in [4.69, 9.17) is 42.5 Å². The molecule has 8 aromatic rings. The molecule has 32 unspecified atom stereocenters. The first-order valence-corrected chi connectivity index (χ1v) is 59.9. The molecule has 0 aromatic heterocycles. The molecule has 32 atom stereocenters. The predicted molar refractivity (Wildman–Crippen MR) is 586 cm³/mol. The van der Waals surface area contributed by atoms with Crippen LogP contribution in [-0.2, 0) is 0 Å². The lowest BCUT2D eigenvalue weighted by molar-refractivity contribution is 0.0437. The number of benzene rings is 8. The highest BCUT2D eigenvalue weighted by Gasteiger charge is 2.68. The third-order valence-corrected chi connectivity index (χ3v) is 42.9. The number of hydrogen-bond donors (Lipinski definition) is 16. The van der Waals surface area contributed by atoms with E-state index in [0.717, 1.165) is 155 Å². The standard InChI is InChI=1S/C112H160N16S8/c1-9-17-65-113-89-81-83(91(115-67-19-11-3)95(119-71-23-15-7)93(89)117-69-21-13-5)107-122-105(81)121-106-82-84(92(116-68-20-12-4)96(120-72-24-16-8)94(118-70-22-14-6)90(82)114-66-18-10-2)108(123-106)125-110-86-88(100(132-76-55-39-28-40-56-76)104(136-80-63-47-32-48-64-80)102(134-78-59-43-30-44-60-78)98(86)130-74-51-35-26-36-52-74)112(127-110)128-111-87-85(109(124-107)126-111)97(129-73-49-33-25-34-50-73)101(133-77-57-41-29-42-58-77)103(135-79-61-45-31-46-62-79)99(87)131-75-53-37-27-38-54-75/h25-64,81-128H,9-24,65-72H2,1-8H3. The van der Waals surface area contributed by atoms with E-state index in [2.05, 4.69) is 435 Å². The van der Waals surface area contributed by atoms with Crippen molar-refractivity contribution in [2.24, 2.45) is 47.3 Å². The van der Waals surface area contributed by atoms with Gasteiger partial charge in [0.25, 0.3) is 0 Å². The zero-order valence-electron chi connectivity index (χ0n) is 81.8. The van der Waals surface area contributed by atoms with Gasteiger partial charge in [-0.1, -0.05) is 252 Å². The van der Waals surface area contributed by atoms with E-state index in [0.29, 0.717) is 0 Å². The van der Waals surface area contributed by atoms with E-state index in [1.807, 2.05) is 0 Å². The number of fused-ring (bicyclic) bond motifs is 20. The summed E-state index contributed by atoms with van der Waals surface area (Å²) in [6.07, 6.45) is 16.5. The summed E-state index contributed by atoms with van der Waals surface area (Å²) in [5, 5.41) is 77.3. The van der Waals surface area contributed by atoms with E-state index in [1.165, 1.54) is 39.2 Å². The van der Waals surface area contributed by atoms with E-state index >= 15 is 0 Å². The zero-order chi connectivity index (χ0) is 93.3. The second-order valence-corrected chi connectivity index (χ2v) is 49.6. The topological polar surface area (TPSA) is 192 Å². The monoisotopic (exact) mass is 1990 g/mol. The second-order valence-electron chi connectivity index (χ2n) is 39.6. The third kappa shape index (κ3) is 25.3. The molecular weight excluding hydrogens is 1830 g/mol. The fourth-order valence-corrected chi connectivity index (χ4v) is 37.5. The maximum Gasteiger partial charge on any atom is 0.0644 e. The fraction of sp³-hybridized carbons (Fsp3) is 0.571. The molecule has 5 aliphatic heterocycles. The van der Waals surface area contributed by atoms with Crippen LogP contribution < -0.4 is 85.1 Å². The first-order chi connectivity index (χ1) is 67.2. The molecule has 0 spiro atoms. The molecule has 9 fully saturated rings. The lowest BCUT2D eigenvalue weighted by atomic mass is 9.66. The van der Waals surface area contributed by atoms with Gasteiger partial charge in [-0.3, -0.25) is 42.5 Å². The van der Waals surface area contributed by atoms with E-state index in [9.17, 15) is 0 Å². The van der Waals surface area contributed by atoms with Crippen molar-refractivity contribution in [3.63, 3.8) is 0 Å². The number of thioether (sulfide) groups is 8. The molecule has 16 nitrogen and oxygen atoms in total. The third-order valence-electron chi connectivity index (χ3n) is 30.6. The van der Waals surface area contributed by atoms with Gasteiger partial charge in [0.1, 0.15) is 0 Å². The van der Waals surface area contributed by atoms with Gasteiger partial charge in [0.05, 0.1) is 49.3 Å². The quantitative estimate of drug-likeness (QED) is 0.0161. The lowest BCUT2D eigenvalue weighted by Crippen LogP contribution is -2.76.